The predicted molar refractivity (Wildman–Crippen MR) is 47.1 cm³/mol. The Morgan fingerprint density at radius 1 is 1.50 bits per heavy atom. The SMILES string of the molecule is COc1ccc2c(c1)NCC(F)(F)O2. The molecule has 0 fully saturated rings. The Morgan fingerprint density at radius 2 is 2.29 bits per heavy atom. The molecular formula is C9H9F2NO2. The Morgan fingerprint density at radius 3 is 3.00 bits per heavy atom. The van der Waals surface area contributed by atoms with Gasteiger partial charge in [-0.05, 0) is 12.1 Å². The number of ether oxygens (including phenoxy) is 2. The smallest absolute Gasteiger partial charge is 0.415 e. The van der Waals surface area contributed by atoms with Crippen LogP contribution in [0.3, 0.4) is 0 Å². The first-order valence-electron chi connectivity index (χ1n) is 4.09. The van der Waals surface area contributed by atoms with E-state index in [1.165, 1.54) is 13.2 Å². The molecule has 1 aromatic rings. The lowest BCUT2D eigenvalue weighted by Gasteiger charge is -2.26. The molecule has 0 aliphatic carbocycles. The fourth-order valence-corrected chi connectivity index (χ4v) is 1.26. The van der Waals surface area contributed by atoms with Crippen molar-refractivity contribution in [2.24, 2.45) is 0 Å². The van der Waals surface area contributed by atoms with E-state index >= 15 is 0 Å². The number of methoxy groups -OCH3 is 1. The Balaban J connectivity index is 2.32. The van der Waals surface area contributed by atoms with E-state index in [9.17, 15) is 8.78 Å². The standard InChI is InChI=1S/C9H9F2NO2/c1-13-6-2-3-8-7(4-6)12-5-9(10,11)14-8/h2-4,12H,5H2,1H3. The van der Waals surface area contributed by atoms with Crippen molar-refractivity contribution in [2.45, 2.75) is 6.11 Å². The van der Waals surface area contributed by atoms with Gasteiger partial charge in [-0.2, -0.15) is 8.78 Å². The Hall–Kier alpha value is -1.52. The highest BCUT2D eigenvalue weighted by atomic mass is 19.3. The molecule has 0 atom stereocenters. The van der Waals surface area contributed by atoms with Gasteiger partial charge in [0.15, 0.2) is 0 Å². The Kier molecular flexibility index (Phi) is 1.94. The summed E-state index contributed by atoms with van der Waals surface area (Å²) in [5.41, 5.74) is 0.523. The monoisotopic (exact) mass is 201 g/mol. The number of fused-ring (bicyclic) bond motifs is 1. The third-order valence-electron chi connectivity index (χ3n) is 1.93. The van der Waals surface area contributed by atoms with Crippen molar-refractivity contribution in [3.05, 3.63) is 18.2 Å². The molecule has 0 unspecified atom stereocenters. The highest BCUT2D eigenvalue weighted by Crippen LogP contribution is 2.36. The first kappa shape index (κ1) is 9.05. The van der Waals surface area contributed by atoms with E-state index in [1.54, 1.807) is 12.1 Å². The predicted octanol–water partition coefficient (Wildman–Crippen LogP) is 2.09. The van der Waals surface area contributed by atoms with Gasteiger partial charge in [0, 0.05) is 6.07 Å². The van der Waals surface area contributed by atoms with Crippen LogP contribution in [0.2, 0.25) is 0 Å². The van der Waals surface area contributed by atoms with E-state index in [2.05, 4.69) is 10.1 Å². The second-order valence-corrected chi connectivity index (χ2v) is 2.96. The molecule has 1 heterocycles. The van der Waals surface area contributed by atoms with Crippen LogP contribution in [0.15, 0.2) is 18.2 Å². The number of nitrogens with one attached hydrogen (secondary N) is 1. The molecule has 0 saturated carbocycles. The highest BCUT2D eigenvalue weighted by molar-refractivity contribution is 5.61. The fourth-order valence-electron chi connectivity index (χ4n) is 1.26. The summed E-state index contributed by atoms with van der Waals surface area (Å²) >= 11 is 0. The van der Waals surface area contributed by atoms with Crippen molar-refractivity contribution in [3.8, 4) is 11.5 Å². The van der Waals surface area contributed by atoms with Gasteiger partial charge in [-0.15, -0.1) is 0 Å². The second kappa shape index (κ2) is 3.01. The van der Waals surface area contributed by atoms with Gasteiger partial charge in [-0.25, -0.2) is 0 Å². The average molecular weight is 201 g/mol. The molecule has 1 aliphatic rings. The summed E-state index contributed by atoms with van der Waals surface area (Å²) in [6.07, 6.45) is -3.14. The third-order valence-corrected chi connectivity index (χ3v) is 1.93. The Labute approximate surface area is 79.6 Å². The lowest BCUT2D eigenvalue weighted by Crippen LogP contribution is -2.37. The molecule has 2 rings (SSSR count). The number of benzene rings is 1. The molecule has 0 spiro atoms. The van der Waals surface area contributed by atoms with Crippen LogP contribution >= 0.6 is 0 Å². The minimum Gasteiger partial charge on any atom is -0.497 e. The van der Waals surface area contributed by atoms with Crippen LogP contribution in [0.25, 0.3) is 0 Å². The Bertz CT molecular complexity index is 355. The number of anilines is 1. The van der Waals surface area contributed by atoms with E-state index < -0.39 is 12.7 Å². The van der Waals surface area contributed by atoms with Crippen LogP contribution in [0.5, 0.6) is 11.5 Å². The average Bonchev–Trinajstić information content (AvgIpc) is 2.16. The molecule has 1 N–H and O–H groups in total. The van der Waals surface area contributed by atoms with Crippen LogP contribution in [0.1, 0.15) is 0 Å². The topological polar surface area (TPSA) is 30.5 Å². The number of halogens is 2. The molecular weight excluding hydrogens is 192 g/mol. The largest absolute Gasteiger partial charge is 0.497 e. The first-order valence-corrected chi connectivity index (χ1v) is 4.09. The molecule has 5 heteroatoms. The van der Waals surface area contributed by atoms with Crippen LogP contribution in [0, 0.1) is 0 Å². The van der Waals surface area contributed by atoms with Gasteiger partial charge in [-0.1, -0.05) is 0 Å². The zero-order chi connectivity index (χ0) is 10.2. The molecule has 3 nitrogen and oxygen atoms in total. The van der Waals surface area contributed by atoms with Crippen LogP contribution < -0.4 is 14.8 Å². The lowest BCUT2D eigenvalue weighted by atomic mass is 10.2. The van der Waals surface area contributed by atoms with E-state index in [4.69, 9.17) is 4.74 Å². The van der Waals surface area contributed by atoms with Gasteiger partial charge in [0.2, 0.25) is 0 Å². The van der Waals surface area contributed by atoms with Gasteiger partial charge >= 0.3 is 6.11 Å². The van der Waals surface area contributed by atoms with Crippen molar-refractivity contribution >= 4 is 5.69 Å². The van der Waals surface area contributed by atoms with E-state index in [0.717, 1.165) is 0 Å². The molecule has 0 saturated heterocycles. The summed E-state index contributed by atoms with van der Waals surface area (Å²) in [5, 5.41) is 2.57. The maximum atomic E-state index is 12.7. The van der Waals surface area contributed by atoms with Crippen molar-refractivity contribution < 1.29 is 18.3 Å². The molecule has 0 aromatic heterocycles. The number of hydrogen-bond donors (Lipinski definition) is 1. The first-order chi connectivity index (χ1) is 6.61. The number of hydrogen-bond acceptors (Lipinski definition) is 3. The molecule has 0 bridgehead atoms. The summed E-state index contributed by atoms with van der Waals surface area (Å²) in [6.45, 7) is -0.521. The minimum atomic E-state index is -3.14. The fraction of sp³-hybridized carbons (Fsp3) is 0.333. The van der Waals surface area contributed by atoms with Crippen molar-refractivity contribution in [1.82, 2.24) is 0 Å². The minimum absolute atomic E-state index is 0.141. The zero-order valence-corrected chi connectivity index (χ0v) is 7.51. The molecule has 1 aliphatic heterocycles. The summed E-state index contributed by atoms with van der Waals surface area (Å²) in [7, 11) is 1.51. The number of alkyl halides is 2. The lowest BCUT2D eigenvalue weighted by molar-refractivity contribution is -0.166. The molecule has 0 amide bonds. The quantitative estimate of drug-likeness (QED) is 0.754. The normalized spacial score (nSPS) is 17.6. The van der Waals surface area contributed by atoms with Gasteiger partial charge in [0.05, 0.1) is 12.8 Å². The molecule has 1 aromatic carbocycles. The van der Waals surface area contributed by atoms with Crippen molar-refractivity contribution in [3.63, 3.8) is 0 Å². The molecule has 14 heavy (non-hydrogen) atoms. The maximum absolute atomic E-state index is 12.7. The van der Waals surface area contributed by atoms with E-state index in [-0.39, 0.29) is 5.75 Å². The van der Waals surface area contributed by atoms with Crippen LogP contribution in [-0.4, -0.2) is 19.8 Å². The summed E-state index contributed by atoms with van der Waals surface area (Å²) in [4.78, 5) is 0. The summed E-state index contributed by atoms with van der Waals surface area (Å²) in [6, 6.07) is 4.64. The summed E-state index contributed by atoms with van der Waals surface area (Å²) in [5.74, 6) is 0.743. The molecule has 76 valence electrons. The zero-order valence-electron chi connectivity index (χ0n) is 7.51. The van der Waals surface area contributed by atoms with Crippen LogP contribution in [-0.2, 0) is 0 Å². The second-order valence-electron chi connectivity index (χ2n) is 2.96. The van der Waals surface area contributed by atoms with Gasteiger partial charge in [0.25, 0.3) is 0 Å². The highest BCUT2D eigenvalue weighted by Gasteiger charge is 2.36. The van der Waals surface area contributed by atoms with Gasteiger partial charge < -0.3 is 14.8 Å². The van der Waals surface area contributed by atoms with E-state index in [1.807, 2.05) is 0 Å². The van der Waals surface area contributed by atoms with Crippen LogP contribution in [0.4, 0.5) is 14.5 Å². The number of rotatable bonds is 1. The molecule has 0 radical (unpaired) electrons. The van der Waals surface area contributed by atoms with Gasteiger partial charge in [0.1, 0.15) is 18.0 Å². The van der Waals surface area contributed by atoms with E-state index in [0.29, 0.717) is 11.4 Å². The van der Waals surface area contributed by atoms with Crippen molar-refractivity contribution in [2.75, 3.05) is 19.0 Å². The van der Waals surface area contributed by atoms with Gasteiger partial charge in [-0.3, -0.25) is 0 Å². The summed E-state index contributed by atoms with van der Waals surface area (Å²) < 4.78 is 34.9. The maximum Gasteiger partial charge on any atom is 0.415 e. The third kappa shape index (κ3) is 1.57. The van der Waals surface area contributed by atoms with Crippen molar-refractivity contribution in [1.29, 1.82) is 0 Å².